The highest BCUT2D eigenvalue weighted by atomic mass is 35.5. The van der Waals surface area contributed by atoms with Crippen LogP contribution in [0.2, 0.25) is 5.02 Å². The largest absolute Gasteiger partial charge is 0.493 e. The fourth-order valence-corrected chi connectivity index (χ4v) is 1.72. The second-order valence-corrected chi connectivity index (χ2v) is 3.77. The lowest BCUT2D eigenvalue weighted by Crippen LogP contribution is -1.93. The Bertz CT molecular complexity index is 439. The number of carbonyl (C=O) groups excluding carboxylic acids is 1. The van der Waals surface area contributed by atoms with Crippen LogP contribution < -0.4 is 9.47 Å². The van der Waals surface area contributed by atoms with Gasteiger partial charge in [-0.3, -0.25) is 4.79 Å². The van der Waals surface area contributed by atoms with E-state index >= 15 is 0 Å². The Kier molecular flexibility index (Phi) is 5.04. The summed E-state index contributed by atoms with van der Waals surface area (Å²) in [5, 5.41) is 0.444. The molecule has 4 heteroatoms. The topological polar surface area (TPSA) is 35.5 Å². The first-order chi connectivity index (χ1) is 8.17. The van der Waals surface area contributed by atoms with Crippen molar-refractivity contribution < 1.29 is 14.3 Å². The molecule has 0 radical (unpaired) electrons. The predicted octanol–water partition coefficient (Wildman–Crippen LogP) is 3.35. The summed E-state index contributed by atoms with van der Waals surface area (Å²) in [5.41, 5.74) is 1.42. The van der Waals surface area contributed by atoms with Crippen LogP contribution in [0.4, 0.5) is 0 Å². The van der Waals surface area contributed by atoms with Gasteiger partial charge in [-0.1, -0.05) is 18.5 Å². The molecule has 1 aromatic carbocycles. The number of methoxy groups -OCH3 is 2. The van der Waals surface area contributed by atoms with E-state index in [2.05, 4.69) is 0 Å². The lowest BCUT2D eigenvalue weighted by atomic mass is 10.1. The number of carbonyl (C=O) groups is 1. The van der Waals surface area contributed by atoms with E-state index in [-0.39, 0.29) is 0 Å². The summed E-state index contributed by atoms with van der Waals surface area (Å²) in [5.74, 6) is 1.04. The Labute approximate surface area is 106 Å². The molecule has 0 atom stereocenters. The van der Waals surface area contributed by atoms with Crippen molar-refractivity contribution in [3.05, 3.63) is 28.3 Å². The smallest absolute Gasteiger partial charge is 0.179 e. The third-order valence-corrected chi connectivity index (χ3v) is 2.81. The van der Waals surface area contributed by atoms with Gasteiger partial charge in [0.2, 0.25) is 0 Å². The van der Waals surface area contributed by atoms with E-state index < -0.39 is 0 Å². The van der Waals surface area contributed by atoms with Crippen LogP contribution in [0.1, 0.15) is 18.9 Å². The van der Waals surface area contributed by atoms with Crippen molar-refractivity contribution in [1.82, 2.24) is 0 Å². The highest BCUT2D eigenvalue weighted by molar-refractivity contribution is 6.33. The molecule has 92 valence electrons. The van der Waals surface area contributed by atoms with Gasteiger partial charge in [0.05, 0.1) is 19.2 Å². The van der Waals surface area contributed by atoms with Gasteiger partial charge in [-0.05, 0) is 35.8 Å². The van der Waals surface area contributed by atoms with Crippen LogP contribution in [-0.4, -0.2) is 20.5 Å². The number of benzene rings is 1. The fraction of sp³-hybridized carbons (Fsp3) is 0.308. The van der Waals surface area contributed by atoms with Crippen molar-refractivity contribution in [2.45, 2.75) is 13.3 Å². The molecule has 0 saturated heterocycles. The summed E-state index contributed by atoms with van der Waals surface area (Å²) in [7, 11) is 3.07. The van der Waals surface area contributed by atoms with E-state index in [1.54, 1.807) is 25.3 Å². The zero-order chi connectivity index (χ0) is 12.8. The van der Waals surface area contributed by atoms with Crippen LogP contribution in [-0.2, 0) is 4.79 Å². The van der Waals surface area contributed by atoms with Crippen molar-refractivity contribution in [2.75, 3.05) is 14.2 Å². The predicted molar refractivity (Wildman–Crippen MR) is 68.9 cm³/mol. The van der Waals surface area contributed by atoms with Crippen LogP contribution in [0.25, 0.3) is 6.08 Å². The molecule has 3 nitrogen and oxygen atoms in total. The summed E-state index contributed by atoms with van der Waals surface area (Å²) in [6.45, 7) is 1.91. The Hall–Kier alpha value is -1.48. The molecule has 17 heavy (non-hydrogen) atoms. The number of aldehydes is 1. The molecule has 0 aliphatic rings. The van der Waals surface area contributed by atoms with E-state index in [1.165, 1.54) is 7.11 Å². The van der Waals surface area contributed by atoms with Crippen molar-refractivity contribution in [3.8, 4) is 11.5 Å². The molecule has 0 fully saturated rings. The molecule has 0 heterocycles. The van der Waals surface area contributed by atoms with Gasteiger partial charge in [0.1, 0.15) is 6.29 Å². The van der Waals surface area contributed by atoms with Gasteiger partial charge in [0.15, 0.2) is 11.5 Å². The van der Waals surface area contributed by atoms with Gasteiger partial charge in [-0.25, -0.2) is 0 Å². The van der Waals surface area contributed by atoms with E-state index in [1.807, 2.05) is 6.92 Å². The molecule has 0 spiro atoms. The standard InChI is InChI=1S/C13H15ClO3/c1-4-9(8-15)7-10-5-6-11(16-2)13(17-3)12(10)14/h5-8H,4H2,1-3H3. The van der Waals surface area contributed by atoms with E-state index in [4.69, 9.17) is 21.1 Å². The minimum Gasteiger partial charge on any atom is -0.493 e. The zero-order valence-electron chi connectivity index (χ0n) is 10.1. The molecular weight excluding hydrogens is 240 g/mol. The average Bonchev–Trinajstić information content (AvgIpc) is 2.37. The number of ether oxygens (including phenoxy) is 2. The summed E-state index contributed by atoms with van der Waals surface area (Å²) in [4.78, 5) is 10.8. The average molecular weight is 255 g/mol. The first-order valence-corrected chi connectivity index (χ1v) is 5.61. The quantitative estimate of drug-likeness (QED) is 0.597. The van der Waals surface area contributed by atoms with E-state index in [0.717, 1.165) is 11.8 Å². The van der Waals surface area contributed by atoms with Crippen molar-refractivity contribution >= 4 is 24.0 Å². The van der Waals surface area contributed by atoms with Gasteiger partial charge < -0.3 is 9.47 Å². The first kappa shape index (κ1) is 13.6. The zero-order valence-corrected chi connectivity index (χ0v) is 10.9. The molecule has 1 rings (SSSR count). The number of hydrogen-bond donors (Lipinski definition) is 0. The molecule has 0 aliphatic carbocycles. The van der Waals surface area contributed by atoms with Crippen molar-refractivity contribution in [2.24, 2.45) is 0 Å². The number of hydrogen-bond acceptors (Lipinski definition) is 3. The van der Waals surface area contributed by atoms with Crippen LogP contribution in [0, 0.1) is 0 Å². The maximum Gasteiger partial charge on any atom is 0.179 e. The normalized spacial score (nSPS) is 11.2. The van der Waals surface area contributed by atoms with Crippen LogP contribution in [0.5, 0.6) is 11.5 Å². The van der Waals surface area contributed by atoms with Gasteiger partial charge >= 0.3 is 0 Å². The lowest BCUT2D eigenvalue weighted by molar-refractivity contribution is -0.104. The molecule has 0 unspecified atom stereocenters. The van der Waals surface area contributed by atoms with E-state index in [0.29, 0.717) is 28.5 Å². The van der Waals surface area contributed by atoms with Crippen molar-refractivity contribution in [3.63, 3.8) is 0 Å². The van der Waals surface area contributed by atoms with E-state index in [9.17, 15) is 4.79 Å². The van der Waals surface area contributed by atoms with Crippen LogP contribution in [0.15, 0.2) is 17.7 Å². The molecule has 0 saturated carbocycles. The lowest BCUT2D eigenvalue weighted by Gasteiger charge is -2.11. The third kappa shape index (κ3) is 3.01. The van der Waals surface area contributed by atoms with Gasteiger partial charge in [-0.15, -0.1) is 0 Å². The van der Waals surface area contributed by atoms with Gasteiger partial charge in [0, 0.05) is 0 Å². The minimum absolute atomic E-state index is 0.444. The number of halogens is 1. The molecule has 1 aromatic rings. The second-order valence-electron chi connectivity index (χ2n) is 3.39. The highest BCUT2D eigenvalue weighted by Crippen LogP contribution is 2.38. The molecule has 0 bridgehead atoms. The SMILES string of the molecule is CCC(C=O)=Cc1ccc(OC)c(OC)c1Cl. The summed E-state index contributed by atoms with van der Waals surface area (Å²) in [6.07, 6.45) is 3.23. The first-order valence-electron chi connectivity index (χ1n) is 5.24. The Morgan fingerprint density at radius 3 is 2.53 bits per heavy atom. The summed E-state index contributed by atoms with van der Waals surface area (Å²) >= 11 is 6.19. The molecule has 0 N–H and O–H groups in total. The minimum atomic E-state index is 0.444. The summed E-state index contributed by atoms with van der Waals surface area (Å²) in [6, 6.07) is 3.55. The number of rotatable bonds is 5. The highest BCUT2D eigenvalue weighted by Gasteiger charge is 2.11. The number of allylic oxidation sites excluding steroid dienone is 1. The Balaban J connectivity index is 3.28. The second kappa shape index (κ2) is 6.30. The summed E-state index contributed by atoms with van der Waals surface area (Å²) < 4.78 is 10.3. The van der Waals surface area contributed by atoms with Gasteiger partial charge in [-0.2, -0.15) is 0 Å². The van der Waals surface area contributed by atoms with Crippen LogP contribution in [0.3, 0.4) is 0 Å². The molecule has 0 aliphatic heterocycles. The molecular formula is C13H15ClO3. The van der Waals surface area contributed by atoms with Gasteiger partial charge in [0.25, 0.3) is 0 Å². The Morgan fingerprint density at radius 1 is 1.35 bits per heavy atom. The maximum absolute atomic E-state index is 10.8. The monoisotopic (exact) mass is 254 g/mol. The fourth-order valence-electron chi connectivity index (χ4n) is 1.44. The maximum atomic E-state index is 10.8. The van der Waals surface area contributed by atoms with Crippen molar-refractivity contribution in [1.29, 1.82) is 0 Å². The Morgan fingerprint density at radius 2 is 2.06 bits per heavy atom. The molecule has 0 amide bonds. The van der Waals surface area contributed by atoms with Crippen LogP contribution >= 0.6 is 11.6 Å². The third-order valence-electron chi connectivity index (χ3n) is 2.42. The molecule has 0 aromatic heterocycles.